The van der Waals surface area contributed by atoms with Crippen molar-refractivity contribution >= 4 is 40.8 Å². The van der Waals surface area contributed by atoms with Crippen LogP contribution >= 0.6 is 23.2 Å². The predicted molar refractivity (Wildman–Crippen MR) is 98.4 cm³/mol. The first-order valence-corrected chi connectivity index (χ1v) is 8.71. The van der Waals surface area contributed by atoms with Crippen molar-refractivity contribution in [3.63, 3.8) is 0 Å². The van der Waals surface area contributed by atoms with Crippen LogP contribution in [0.2, 0.25) is 10.0 Å². The molecule has 3 rings (SSSR count). The molecule has 0 saturated carbocycles. The van der Waals surface area contributed by atoms with Crippen molar-refractivity contribution in [2.24, 2.45) is 0 Å². The number of carbonyl (C=O) groups is 2. The van der Waals surface area contributed by atoms with Crippen LogP contribution in [0, 0.1) is 0 Å². The fourth-order valence-corrected chi connectivity index (χ4v) is 3.51. The van der Waals surface area contributed by atoms with Gasteiger partial charge in [-0.3, -0.25) is 4.79 Å². The van der Waals surface area contributed by atoms with E-state index in [1.807, 2.05) is 31.2 Å². The number of ether oxygens (including phenoxy) is 1. The number of nitrogens with zero attached hydrogens (tertiary/aromatic N) is 1. The Morgan fingerprint density at radius 1 is 1.20 bits per heavy atom. The van der Waals surface area contributed by atoms with E-state index in [4.69, 9.17) is 27.9 Å². The molecule has 0 radical (unpaired) electrons. The van der Waals surface area contributed by atoms with Crippen molar-refractivity contribution < 1.29 is 14.3 Å². The first-order chi connectivity index (χ1) is 11.9. The van der Waals surface area contributed by atoms with Crippen LogP contribution in [0.5, 0.6) is 0 Å². The molecular formula is C19H17Cl2NO3. The Kier molecular flexibility index (Phi) is 5.02. The van der Waals surface area contributed by atoms with E-state index in [-0.39, 0.29) is 22.5 Å². The predicted octanol–water partition coefficient (Wildman–Crippen LogP) is 4.52. The zero-order valence-electron chi connectivity index (χ0n) is 13.8. The van der Waals surface area contributed by atoms with Crippen LogP contribution in [0.3, 0.4) is 0 Å². The van der Waals surface area contributed by atoms with Crippen LogP contribution in [0.25, 0.3) is 0 Å². The molecule has 2 aromatic carbocycles. The van der Waals surface area contributed by atoms with Gasteiger partial charge < -0.3 is 9.64 Å². The number of hydrogen-bond donors (Lipinski definition) is 0. The lowest BCUT2D eigenvalue weighted by Crippen LogP contribution is -2.43. The van der Waals surface area contributed by atoms with E-state index in [0.29, 0.717) is 5.02 Å². The van der Waals surface area contributed by atoms with Gasteiger partial charge in [-0.15, -0.1) is 0 Å². The molecule has 2 aromatic rings. The van der Waals surface area contributed by atoms with Gasteiger partial charge in [-0.05, 0) is 50.1 Å². The highest BCUT2D eigenvalue weighted by molar-refractivity contribution is 6.36. The second-order valence-corrected chi connectivity index (χ2v) is 6.91. The summed E-state index contributed by atoms with van der Waals surface area (Å²) in [7, 11) is 0. The van der Waals surface area contributed by atoms with Gasteiger partial charge in [-0.25, -0.2) is 4.79 Å². The van der Waals surface area contributed by atoms with Crippen molar-refractivity contribution in [2.75, 3.05) is 4.90 Å². The number of para-hydroxylation sites is 1. The van der Waals surface area contributed by atoms with E-state index in [1.165, 1.54) is 12.1 Å². The Balaban J connectivity index is 1.76. The SMILES string of the molecule is C[C@H](OC(=O)c1ccc(Cl)cc1Cl)C(=O)N1c2ccccc2C[C@@H]1C. The molecule has 4 nitrogen and oxygen atoms in total. The summed E-state index contributed by atoms with van der Waals surface area (Å²) < 4.78 is 5.34. The molecule has 25 heavy (non-hydrogen) atoms. The number of amides is 1. The summed E-state index contributed by atoms with van der Waals surface area (Å²) in [5, 5.41) is 0.616. The number of rotatable bonds is 3. The molecule has 1 aliphatic rings. The van der Waals surface area contributed by atoms with E-state index < -0.39 is 12.1 Å². The summed E-state index contributed by atoms with van der Waals surface area (Å²) in [5.74, 6) is -0.904. The van der Waals surface area contributed by atoms with Gasteiger partial charge in [-0.1, -0.05) is 41.4 Å². The Bertz CT molecular complexity index is 837. The Morgan fingerprint density at radius 3 is 2.64 bits per heavy atom. The average molecular weight is 378 g/mol. The maximum Gasteiger partial charge on any atom is 0.340 e. The number of benzene rings is 2. The van der Waals surface area contributed by atoms with Gasteiger partial charge in [0.2, 0.25) is 0 Å². The number of hydrogen-bond acceptors (Lipinski definition) is 3. The maximum atomic E-state index is 12.8. The molecule has 0 fully saturated rings. The Morgan fingerprint density at radius 2 is 1.92 bits per heavy atom. The highest BCUT2D eigenvalue weighted by Crippen LogP contribution is 2.32. The molecule has 0 bridgehead atoms. The molecule has 0 saturated heterocycles. The van der Waals surface area contributed by atoms with Gasteiger partial charge in [0.05, 0.1) is 10.6 Å². The van der Waals surface area contributed by atoms with Gasteiger partial charge in [0.15, 0.2) is 6.10 Å². The van der Waals surface area contributed by atoms with Crippen molar-refractivity contribution in [1.82, 2.24) is 0 Å². The van der Waals surface area contributed by atoms with Gasteiger partial charge in [0.25, 0.3) is 5.91 Å². The monoisotopic (exact) mass is 377 g/mol. The van der Waals surface area contributed by atoms with E-state index in [2.05, 4.69) is 0 Å². The molecule has 0 N–H and O–H groups in total. The molecule has 0 spiro atoms. The Labute approximate surface area is 156 Å². The van der Waals surface area contributed by atoms with Crippen LogP contribution in [0.4, 0.5) is 5.69 Å². The molecule has 1 amide bonds. The van der Waals surface area contributed by atoms with Crippen molar-refractivity contribution in [3.8, 4) is 0 Å². The molecular weight excluding hydrogens is 361 g/mol. The molecule has 2 atom stereocenters. The molecule has 130 valence electrons. The third-order valence-electron chi connectivity index (χ3n) is 4.23. The zero-order chi connectivity index (χ0) is 18.1. The van der Waals surface area contributed by atoms with Crippen molar-refractivity contribution in [3.05, 3.63) is 63.6 Å². The van der Waals surface area contributed by atoms with Crippen LogP contribution < -0.4 is 4.90 Å². The minimum absolute atomic E-state index is 0.0187. The van der Waals surface area contributed by atoms with Crippen LogP contribution in [0.15, 0.2) is 42.5 Å². The van der Waals surface area contributed by atoms with Gasteiger partial charge >= 0.3 is 5.97 Å². The second kappa shape index (κ2) is 7.06. The van der Waals surface area contributed by atoms with E-state index in [1.54, 1.807) is 17.9 Å². The largest absolute Gasteiger partial charge is 0.449 e. The highest BCUT2D eigenvalue weighted by atomic mass is 35.5. The minimum atomic E-state index is -0.923. The summed E-state index contributed by atoms with van der Waals surface area (Å²) in [6.45, 7) is 3.54. The summed E-state index contributed by atoms with van der Waals surface area (Å²) in [6.07, 6.45) is -0.140. The van der Waals surface area contributed by atoms with E-state index in [0.717, 1.165) is 17.7 Å². The first kappa shape index (κ1) is 17.8. The standard InChI is InChI=1S/C19H17Cl2NO3/c1-11-9-13-5-3-4-6-17(13)22(11)18(23)12(2)25-19(24)15-8-7-14(20)10-16(15)21/h3-8,10-12H,9H2,1-2H3/t11-,12-/m0/s1. The summed E-state index contributed by atoms with van der Waals surface area (Å²) >= 11 is 11.9. The number of esters is 1. The lowest BCUT2D eigenvalue weighted by Gasteiger charge is -2.26. The van der Waals surface area contributed by atoms with E-state index >= 15 is 0 Å². The lowest BCUT2D eigenvalue weighted by atomic mass is 10.1. The first-order valence-electron chi connectivity index (χ1n) is 7.95. The fraction of sp³-hybridized carbons (Fsp3) is 0.263. The van der Waals surface area contributed by atoms with Gasteiger partial charge in [0, 0.05) is 16.8 Å². The number of halogens is 2. The average Bonchev–Trinajstić information content (AvgIpc) is 2.89. The Hall–Kier alpha value is -2.04. The second-order valence-electron chi connectivity index (χ2n) is 6.06. The molecule has 6 heteroatoms. The number of anilines is 1. The summed E-state index contributed by atoms with van der Waals surface area (Å²) in [4.78, 5) is 26.8. The van der Waals surface area contributed by atoms with Crippen LogP contribution in [-0.4, -0.2) is 24.0 Å². The highest BCUT2D eigenvalue weighted by Gasteiger charge is 2.34. The molecule has 0 aromatic heterocycles. The van der Waals surface area contributed by atoms with Gasteiger partial charge in [-0.2, -0.15) is 0 Å². The normalized spacial score (nSPS) is 17.1. The smallest absolute Gasteiger partial charge is 0.340 e. The minimum Gasteiger partial charge on any atom is -0.449 e. The molecule has 0 unspecified atom stereocenters. The van der Waals surface area contributed by atoms with Crippen molar-refractivity contribution in [2.45, 2.75) is 32.4 Å². The van der Waals surface area contributed by atoms with Crippen LogP contribution in [0.1, 0.15) is 29.8 Å². The third kappa shape index (κ3) is 3.51. The maximum absolute atomic E-state index is 12.8. The fourth-order valence-electron chi connectivity index (χ4n) is 3.03. The molecule has 1 aliphatic heterocycles. The van der Waals surface area contributed by atoms with Crippen molar-refractivity contribution in [1.29, 1.82) is 0 Å². The zero-order valence-corrected chi connectivity index (χ0v) is 15.3. The number of carbonyl (C=O) groups excluding carboxylic acids is 2. The molecule has 1 heterocycles. The van der Waals surface area contributed by atoms with Crippen LogP contribution in [-0.2, 0) is 16.0 Å². The topological polar surface area (TPSA) is 46.6 Å². The number of fused-ring (bicyclic) bond motifs is 1. The quantitative estimate of drug-likeness (QED) is 0.738. The summed E-state index contributed by atoms with van der Waals surface area (Å²) in [6, 6.07) is 12.3. The third-order valence-corrected chi connectivity index (χ3v) is 4.78. The van der Waals surface area contributed by atoms with Gasteiger partial charge in [0.1, 0.15) is 0 Å². The molecule has 0 aliphatic carbocycles. The van der Waals surface area contributed by atoms with E-state index in [9.17, 15) is 9.59 Å². The lowest BCUT2D eigenvalue weighted by molar-refractivity contribution is -0.126. The summed E-state index contributed by atoms with van der Waals surface area (Å²) in [5.41, 5.74) is 2.16.